The molecule has 0 bridgehead atoms. The number of carbonyl (C=O) groups is 9. The maximum absolute atomic E-state index is 14.6. The van der Waals surface area contributed by atoms with Crippen molar-refractivity contribution in [1.29, 1.82) is 0 Å². The highest BCUT2D eigenvalue weighted by Crippen LogP contribution is 2.21. The molecule has 63 heavy (non-hydrogen) atoms. The summed E-state index contributed by atoms with van der Waals surface area (Å²) in [6.07, 6.45) is 1.05. The predicted molar refractivity (Wildman–Crippen MR) is 235 cm³/mol. The number of amides is 8. The topological polar surface area (TPSA) is 261 Å². The molecule has 0 radical (unpaired) electrons. The molecule has 344 valence electrons. The lowest BCUT2D eigenvalue weighted by Crippen LogP contribution is -2.61. The Labute approximate surface area is 368 Å². The minimum atomic E-state index is -1.51. The van der Waals surface area contributed by atoms with Crippen molar-refractivity contribution in [2.45, 2.75) is 123 Å². The molecular weight excluding hydrogens is 813 g/mol. The number of urea groups is 1. The summed E-state index contributed by atoms with van der Waals surface area (Å²) in [5.41, 5.74) is 0.973. The highest BCUT2D eigenvalue weighted by Gasteiger charge is 2.38. The monoisotopic (exact) mass is 876 g/mol. The number of hydrogen-bond donors (Lipinski definition) is 8. The van der Waals surface area contributed by atoms with Crippen LogP contribution in [0.2, 0.25) is 0 Å². The smallest absolute Gasteiger partial charge is 0.326 e. The summed E-state index contributed by atoms with van der Waals surface area (Å²) in [6.45, 7) is 10.6. The molecule has 1 heterocycles. The van der Waals surface area contributed by atoms with Gasteiger partial charge in [0.2, 0.25) is 35.9 Å². The van der Waals surface area contributed by atoms with Crippen molar-refractivity contribution >= 4 is 59.4 Å². The third kappa shape index (κ3) is 15.5. The van der Waals surface area contributed by atoms with Crippen LogP contribution in [0.3, 0.4) is 0 Å². The summed E-state index contributed by atoms with van der Waals surface area (Å²) in [4.78, 5) is 123. The molecule has 8 amide bonds. The second kappa shape index (κ2) is 24.9. The first-order chi connectivity index (χ1) is 29.9. The Morgan fingerprint density at radius 2 is 1.49 bits per heavy atom. The Morgan fingerprint density at radius 1 is 0.841 bits per heavy atom. The molecule has 1 fully saturated rings. The first-order valence-corrected chi connectivity index (χ1v) is 21.5. The molecule has 0 unspecified atom stereocenters. The van der Waals surface area contributed by atoms with Crippen LogP contribution < -0.4 is 37.2 Å². The van der Waals surface area contributed by atoms with Gasteiger partial charge in [-0.05, 0) is 61.1 Å². The van der Waals surface area contributed by atoms with Crippen LogP contribution in [0.25, 0.3) is 0 Å². The summed E-state index contributed by atoms with van der Waals surface area (Å²) in [7, 11) is 1.32. The number of carbonyl (C=O) groups excluding carboxylic acids is 8. The number of nitrogens with zero attached hydrogens (tertiary/aromatic N) is 1. The van der Waals surface area contributed by atoms with Gasteiger partial charge in [0.25, 0.3) is 0 Å². The van der Waals surface area contributed by atoms with E-state index in [1.54, 1.807) is 70.2 Å². The van der Waals surface area contributed by atoms with Crippen LogP contribution in [-0.2, 0) is 40.0 Å². The van der Waals surface area contributed by atoms with E-state index >= 15 is 0 Å². The minimum Gasteiger partial charge on any atom is -0.480 e. The van der Waals surface area contributed by atoms with E-state index in [9.17, 15) is 48.3 Å². The zero-order valence-electron chi connectivity index (χ0n) is 37.2. The van der Waals surface area contributed by atoms with Gasteiger partial charge in [-0.15, -0.1) is 0 Å². The largest absolute Gasteiger partial charge is 0.480 e. The number of anilines is 1. The van der Waals surface area contributed by atoms with Crippen molar-refractivity contribution in [3.63, 3.8) is 0 Å². The van der Waals surface area contributed by atoms with Gasteiger partial charge in [0.15, 0.2) is 5.78 Å². The Hall–Kier alpha value is -6.33. The lowest BCUT2D eigenvalue weighted by Gasteiger charge is -2.33. The highest BCUT2D eigenvalue weighted by molar-refractivity contribution is 6.06. The van der Waals surface area contributed by atoms with E-state index in [1.165, 1.54) is 19.2 Å². The highest BCUT2D eigenvalue weighted by atomic mass is 16.4. The summed E-state index contributed by atoms with van der Waals surface area (Å²) < 4.78 is 0. The number of Topliss-reactive ketones (excluding diaryl/α,β-unsaturated/α-hetero) is 1. The fraction of sp³-hybridized carbons (Fsp3) is 0.533. The summed E-state index contributed by atoms with van der Waals surface area (Å²) in [6, 6.07) is 6.55. The number of likely N-dealkylation sites (N-methyl/N-ethyl adjacent to an activating group) is 1. The molecule has 2 aromatic carbocycles. The van der Waals surface area contributed by atoms with Gasteiger partial charge in [-0.25, -0.2) is 9.59 Å². The molecule has 0 aromatic heterocycles. The minimum absolute atomic E-state index is 0.0350. The first-order valence-electron chi connectivity index (χ1n) is 21.5. The van der Waals surface area contributed by atoms with Crippen LogP contribution in [-0.4, -0.2) is 114 Å². The number of nitrogens with one attached hydrogen (secondary N) is 7. The summed E-state index contributed by atoms with van der Waals surface area (Å²) in [5, 5.41) is 28.3. The normalized spacial score (nSPS) is 21.9. The van der Waals surface area contributed by atoms with Crippen molar-refractivity contribution < 1.29 is 48.3 Å². The van der Waals surface area contributed by atoms with Crippen molar-refractivity contribution in [3.8, 4) is 0 Å². The van der Waals surface area contributed by atoms with Crippen molar-refractivity contribution in [1.82, 2.24) is 36.8 Å². The average Bonchev–Trinajstić information content (AvgIpc) is 3.24. The molecular formula is C45H64N8O10. The maximum atomic E-state index is 14.6. The number of ketones is 1. The molecule has 8 N–H and O–H groups in total. The van der Waals surface area contributed by atoms with Crippen LogP contribution in [0.15, 0.2) is 54.6 Å². The average molecular weight is 877 g/mol. The van der Waals surface area contributed by atoms with Gasteiger partial charge >= 0.3 is 12.0 Å². The Bertz CT molecular complexity index is 1930. The van der Waals surface area contributed by atoms with Gasteiger partial charge in [-0.3, -0.25) is 33.6 Å². The molecule has 0 spiro atoms. The van der Waals surface area contributed by atoms with Crippen molar-refractivity contribution in [2.24, 2.45) is 17.8 Å². The van der Waals surface area contributed by atoms with Crippen molar-refractivity contribution in [2.75, 3.05) is 18.9 Å². The number of benzene rings is 2. The van der Waals surface area contributed by atoms with E-state index in [-0.39, 0.29) is 49.4 Å². The number of hydrogen-bond acceptors (Lipinski definition) is 9. The van der Waals surface area contributed by atoms with Gasteiger partial charge in [-0.2, -0.15) is 0 Å². The summed E-state index contributed by atoms with van der Waals surface area (Å²) >= 11 is 0. The quantitative estimate of drug-likeness (QED) is 0.0958. The molecule has 1 saturated heterocycles. The van der Waals surface area contributed by atoms with E-state index < -0.39 is 102 Å². The number of carboxylic acids is 1. The second-order valence-electron chi connectivity index (χ2n) is 16.7. The third-order valence-electron chi connectivity index (χ3n) is 11.0. The van der Waals surface area contributed by atoms with E-state index in [1.807, 2.05) is 13.8 Å². The molecule has 1 aliphatic rings. The number of rotatable bonds is 15. The van der Waals surface area contributed by atoms with Crippen LogP contribution in [0, 0.1) is 17.8 Å². The van der Waals surface area contributed by atoms with Crippen molar-refractivity contribution in [3.05, 3.63) is 65.7 Å². The Balaban J connectivity index is 2.10. The maximum Gasteiger partial charge on any atom is 0.326 e. The molecule has 3 rings (SSSR count). The predicted octanol–water partition coefficient (Wildman–Crippen LogP) is 2.52. The molecule has 18 heteroatoms. The van der Waals surface area contributed by atoms with E-state index in [4.69, 9.17) is 0 Å². The molecule has 1 aliphatic heterocycles. The lowest BCUT2D eigenvalue weighted by molar-refractivity contribution is -0.143. The fourth-order valence-corrected chi connectivity index (χ4v) is 7.18. The Kier molecular flexibility index (Phi) is 20.2. The third-order valence-corrected chi connectivity index (χ3v) is 11.0. The molecule has 7 atom stereocenters. The van der Waals surface area contributed by atoms with Crippen LogP contribution in [0.1, 0.15) is 96.0 Å². The zero-order chi connectivity index (χ0) is 46.8. The van der Waals surface area contributed by atoms with Crippen LogP contribution in [0.5, 0.6) is 0 Å². The van der Waals surface area contributed by atoms with Crippen LogP contribution in [0.4, 0.5) is 10.5 Å². The van der Waals surface area contributed by atoms with E-state index in [0.29, 0.717) is 24.8 Å². The van der Waals surface area contributed by atoms with E-state index in [0.717, 1.165) is 4.90 Å². The SMILES string of the molecule is CC[C@H](C)[C@H](NC(=O)N[C@H]1CCCCNC(=O)[C@H](Cc2ccccc2)NC(=O)[C@@H](CC(=O)c2ccccc2NC=O)N(C)C(=O)[C@H](CC(C)C)NC(=O)[C@H](C(C)C)NC1=O)C(=O)O. The fourth-order valence-electron chi connectivity index (χ4n) is 7.18. The molecule has 0 aliphatic carbocycles. The standard InChI is InChI=1S/C45H64N8O10/c1-8-28(6)38(44(61)62)52-45(63)50-32-20-14-15-21-46-39(56)33(23-29-16-10-9-11-17-29)48-41(58)35(24-36(55)30-18-12-13-19-31(30)47-25-54)53(7)43(60)34(22-26(2)3)49-42(59)37(27(4)5)51-40(32)57/h9-13,16-19,25-28,32-35,37-38H,8,14-15,20-24H2,1-7H3,(H,46,56)(H,47,54)(H,48,58)(H,49,59)(H,51,57)(H,61,62)(H2,50,52,63)/t28-,32-,33-,34-,35+,37-,38-/m0/s1. The lowest BCUT2D eigenvalue weighted by atomic mass is 9.97. The molecule has 18 nitrogen and oxygen atoms in total. The molecule has 2 aromatic rings. The van der Waals surface area contributed by atoms with Gasteiger partial charge in [0, 0.05) is 32.0 Å². The van der Waals surface area contributed by atoms with Gasteiger partial charge in [0.1, 0.15) is 36.3 Å². The first kappa shape index (κ1) is 51.0. The second-order valence-corrected chi connectivity index (χ2v) is 16.7. The van der Waals surface area contributed by atoms with Gasteiger partial charge in [-0.1, -0.05) is 90.4 Å². The zero-order valence-corrected chi connectivity index (χ0v) is 37.2. The summed E-state index contributed by atoms with van der Waals surface area (Å²) in [5.74, 6) is -6.54. The Morgan fingerprint density at radius 3 is 2.11 bits per heavy atom. The van der Waals surface area contributed by atoms with Gasteiger partial charge in [0.05, 0.1) is 5.69 Å². The number of aliphatic carboxylic acids is 1. The van der Waals surface area contributed by atoms with Gasteiger partial charge < -0.3 is 47.2 Å². The number of para-hydroxylation sites is 1. The number of carboxylic acid groups (broad SMARTS) is 1. The molecule has 0 saturated carbocycles. The van der Waals surface area contributed by atoms with Crippen LogP contribution >= 0.6 is 0 Å². The van der Waals surface area contributed by atoms with E-state index in [2.05, 4.69) is 37.2 Å².